The lowest BCUT2D eigenvalue weighted by Crippen LogP contribution is -2.59. The van der Waals surface area contributed by atoms with E-state index < -0.39 is 55.4 Å². The van der Waals surface area contributed by atoms with Crippen LogP contribution in [-0.4, -0.2) is 89.0 Å². The number of aliphatic hydroxyl groups is 4. The van der Waals surface area contributed by atoms with E-state index in [1.165, 1.54) is 103 Å². The van der Waals surface area contributed by atoms with Gasteiger partial charge >= 0.3 is 11.9 Å². The highest BCUT2D eigenvalue weighted by Crippen LogP contribution is 2.22. The summed E-state index contributed by atoms with van der Waals surface area (Å²) in [6, 6.07) is 0. The second-order valence-electron chi connectivity index (χ2n) is 16.6. The van der Waals surface area contributed by atoms with Gasteiger partial charge in [0.15, 0.2) is 12.4 Å². The minimum absolute atomic E-state index is 0.152. The van der Waals surface area contributed by atoms with Crippen molar-refractivity contribution in [2.75, 3.05) is 19.8 Å². The van der Waals surface area contributed by atoms with Crippen LogP contribution in [0.5, 0.6) is 0 Å². The molecule has 1 fully saturated rings. The van der Waals surface area contributed by atoms with E-state index in [1.54, 1.807) is 0 Å². The number of aliphatic hydroxyl groups excluding tert-OH is 4. The summed E-state index contributed by atoms with van der Waals surface area (Å²) in [6.07, 6.45) is 43.7. The van der Waals surface area contributed by atoms with Crippen molar-refractivity contribution < 1.29 is 49.0 Å². The molecule has 1 rings (SSSR count). The summed E-state index contributed by atoms with van der Waals surface area (Å²) in [4.78, 5) is 25.4. The van der Waals surface area contributed by atoms with Gasteiger partial charge in [-0.2, -0.15) is 0 Å². The topological polar surface area (TPSA) is 152 Å². The van der Waals surface area contributed by atoms with Gasteiger partial charge in [-0.3, -0.25) is 9.59 Å². The number of esters is 2. The summed E-state index contributed by atoms with van der Waals surface area (Å²) in [6.45, 7) is 3.34. The first-order valence-corrected chi connectivity index (χ1v) is 24.4. The molecule has 352 valence electrons. The van der Waals surface area contributed by atoms with Gasteiger partial charge in [0.25, 0.3) is 0 Å². The van der Waals surface area contributed by atoms with E-state index in [2.05, 4.69) is 68.5 Å². The zero-order valence-electron chi connectivity index (χ0n) is 38.4. The number of carbonyl (C=O) groups is 2. The first kappa shape index (κ1) is 56.4. The summed E-state index contributed by atoms with van der Waals surface area (Å²) in [5.41, 5.74) is 0. The summed E-state index contributed by atoms with van der Waals surface area (Å²) in [5.74, 6) is -0.875. The minimum Gasteiger partial charge on any atom is -0.462 e. The van der Waals surface area contributed by atoms with Crippen LogP contribution >= 0.6 is 0 Å². The number of ether oxygens (including phenoxy) is 4. The van der Waals surface area contributed by atoms with Crippen molar-refractivity contribution >= 4 is 11.9 Å². The van der Waals surface area contributed by atoms with Crippen LogP contribution in [0.1, 0.15) is 194 Å². The molecule has 1 saturated heterocycles. The molecule has 0 aromatic heterocycles. The Labute approximate surface area is 370 Å². The molecule has 1 aliphatic heterocycles. The molecule has 0 spiro atoms. The van der Waals surface area contributed by atoms with E-state index in [4.69, 9.17) is 18.9 Å². The Hall–Kier alpha value is -2.60. The standard InChI is InChI=1S/C51H88O10/c1-3-5-7-9-11-13-15-17-19-21-22-24-25-27-29-31-33-35-37-39-46(53)58-42-44(43-59-51-50(57)49(56)48(55)45(41-52)61-51)60-47(54)40-38-36-34-32-30-28-26-23-20-18-16-14-12-10-8-6-4-2/h12,14,17-20,26,28,32,34,44-45,48-52,55-57H,3-11,13,15-16,21-25,27,29-31,33,35-43H2,1-2H3/b14-12+,19-17+,20-18+,28-26+,34-32+/t44-,45-,48+,49?,50?,51-/m0/s1. The fraction of sp³-hybridized carbons (Fsp3) is 0.765. The van der Waals surface area contributed by atoms with Crippen molar-refractivity contribution in [2.45, 2.75) is 230 Å². The van der Waals surface area contributed by atoms with Gasteiger partial charge in [0.2, 0.25) is 0 Å². The number of hydrogen-bond donors (Lipinski definition) is 4. The van der Waals surface area contributed by atoms with Gasteiger partial charge in [0, 0.05) is 12.8 Å². The van der Waals surface area contributed by atoms with E-state index in [-0.39, 0.29) is 26.1 Å². The Balaban J connectivity index is 2.33. The van der Waals surface area contributed by atoms with Crippen molar-refractivity contribution in [1.82, 2.24) is 0 Å². The van der Waals surface area contributed by atoms with Crippen molar-refractivity contribution in [1.29, 1.82) is 0 Å². The second kappa shape index (κ2) is 41.4. The van der Waals surface area contributed by atoms with Crippen molar-refractivity contribution in [3.8, 4) is 0 Å². The van der Waals surface area contributed by atoms with Gasteiger partial charge in [-0.1, -0.05) is 164 Å². The minimum atomic E-state index is -1.61. The normalized spacial score (nSPS) is 20.3. The van der Waals surface area contributed by atoms with Gasteiger partial charge in [0.05, 0.1) is 13.2 Å². The smallest absolute Gasteiger partial charge is 0.306 e. The number of hydrogen-bond acceptors (Lipinski definition) is 10. The maximum absolute atomic E-state index is 12.8. The predicted molar refractivity (Wildman–Crippen MR) is 247 cm³/mol. The molecule has 4 N–H and O–H groups in total. The Morgan fingerprint density at radius 1 is 0.508 bits per heavy atom. The number of allylic oxidation sites excluding steroid dienone is 10. The summed E-state index contributed by atoms with van der Waals surface area (Å²) in [7, 11) is 0. The molecule has 0 radical (unpaired) electrons. The number of rotatable bonds is 40. The Morgan fingerprint density at radius 2 is 0.934 bits per heavy atom. The molecule has 0 bridgehead atoms. The van der Waals surface area contributed by atoms with Crippen LogP contribution in [-0.2, 0) is 28.5 Å². The van der Waals surface area contributed by atoms with Crippen LogP contribution in [0.15, 0.2) is 60.8 Å². The fourth-order valence-corrected chi connectivity index (χ4v) is 7.00. The third kappa shape index (κ3) is 32.7. The van der Waals surface area contributed by atoms with E-state index in [0.29, 0.717) is 19.3 Å². The molecule has 1 aliphatic rings. The van der Waals surface area contributed by atoms with Crippen LogP contribution in [0.25, 0.3) is 0 Å². The molecule has 0 aromatic carbocycles. The second-order valence-corrected chi connectivity index (χ2v) is 16.6. The van der Waals surface area contributed by atoms with Gasteiger partial charge < -0.3 is 39.4 Å². The largest absolute Gasteiger partial charge is 0.462 e. The Bertz CT molecular complexity index is 1180. The lowest BCUT2D eigenvalue weighted by atomic mass is 9.99. The molecule has 6 atom stereocenters. The summed E-state index contributed by atoms with van der Waals surface area (Å²) >= 11 is 0. The lowest BCUT2D eigenvalue weighted by Gasteiger charge is -2.39. The third-order valence-corrected chi connectivity index (χ3v) is 10.9. The highest BCUT2D eigenvalue weighted by Gasteiger charge is 2.44. The predicted octanol–water partition coefficient (Wildman–Crippen LogP) is 11.0. The maximum Gasteiger partial charge on any atom is 0.306 e. The maximum atomic E-state index is 12.8. The molecule has 10 heteroatoms. The third-order valence-electron chi connectivity index (χ3n) is 10.9. The molecular formula is C51H88O10. The van der Waals surface area contributed by atoms with Crippen molar-refractivity contribution in [2.24, 2.45) is 0 Å². The quantitative estimate of drug-likeness (QED) is 0.0266. The molecule has 61 heavy (non-hydrogen) atoms. The Morgan fingerprint density at radius 3 is 1.48 bits per heavy atom. The molecule has 0 aromatic rings. The van der Waals surface area contributed by atoms with Gasteiger partial charge in [-0.05, 0) is 77.0 Å². The monoisotopic (exact) mass is 861 g/mol. The number of unbranched alkanes of at least 4 members (excludes halogenated alkanes) is 19. The van der Waals surface area contributed by atoms with E-state index >= 15 is 0 Å². The average molecular weight is 861 g/mol. The zero-order chi connectivity index (χ0) is 44.4. The molecule has 0 saturated carbocycles. The highest BCUT2D eigenvalue weighted by molar-refractivity contribution is 5.70. The molecule has 10 nitrogen and oxygen atoms in total. The van der Waals surface area contributed by atoms with Gasteiger partial charge in [0.1, 0.15) is 31.0 Å². The fourth-order valence-electron chi connectivity index (χ4n) is 7.00. The first-order valence-electron chi connectivity index (χ1n) is 24.4. The SMILES string of the molecule is CCCCC/C=C/C/C=C/C/C=C/C/C=C/CCCC(=O)O[C@@H](COC(=O)CCCCCCCCCCC/C=C/CCCCCCCC)CO[C@H]1O[C@@H](CO)[C@@H](O)C(O)C1O. The molecule has 1 heterocycles. The number of carbonyl (C=O) groups excluding carboxylic acids is 2. The van der Waals surface area contributed by atoms with Crippen LogP contribution in [0.4, 0.5) is 0 Å². The zero-order valence-corrected chi connectivity index (χ0v) is 38.4. The van der Waals surface area contributed by atoms with Crippen molar-refractivity contribution in [3.63, 3.8) is 0 Å². The van der Waals surface area contributed by atoms with Crippen LogP contribution in [0.3, 0.4) is 0 Å². The first-order chi connectivity index (χ1) is 29.8. The molecule has 0 amide bonds. The molecule has 0 aliphatic carbocycles. The summed E-state index contributed by atoms with van der Waals surface area (Å²) in [5, 5.41) is 40.1. The van der Waals surface area contributed by atoms with Crippen LogP contribution < -0.4 is 0 Å². The van der Waals surface area contributed by atoms with E-state index in [0.717, 1.165) is 44.9 Å². The van der Waals surface area contributed by atoms with Crippen LogP contribution in [0.2, 0.25) is 0 Å². The highest BCUT2D eigenvalue weighted by atomic mass is 16.7. The van der Waals surface area contributed by atoms with Crippen molar-refractivity contribution in [3.05, 3.63) is 60.8 Å². The lowest BCUT2D eigenvalue weighted by molar-refractivity contribution is -0.305. The Kier molecular flexibility index (Phi) is 38.3. The van der Waals surface area contributed by atoms with Gasteiger partial charge in [-0.15, -0.1) is 0 Å². The molecular weight excluding hydrogens is 773 g/mol. The average Bonchev–Trinajstić information content (AvgIpc) is 3.26. The molecule has 2 unspecified atom stereocenters. The van der Waals surface area contributed by atoms with E-state index in [9.17, 15) is 30.0 Å². The van der Waals surface area contributed by atoms with Gasteiger partial charge in [-0.25, -0.2) is 0 Å². The summed E-state index contributed by atoms with van der Waals surface area (Å²) < 4.78 is 22.1. The van der Waals surface area contributed by atoms with Crippen LogP contribution in [0, 0.1) is 0 Å². The van der Waals surface area contributed by atoms with E-state index in [1.807, 2.05) is 6.08 Å².